The van der Waals surface area contributed by atoms with Crippen molar-refractivity contribution in [1.29, 1.82) is 5.26 Å². The average molecular weight is 293 g/mol. The normalized spacial score (nSPS) is 11.4. The number of benzene rings is 1. The van der Waals surface area contributed by atoms with Crippen LogP contribution in [0.2, 0.25) is 0 Å². The Morgan fingerprint density at radius 2 is 1.95 bits per heavy atom. The number of aliphatic hydroxyl groups is 1. The van der Waals surface area contributed by atoms with Crippen molar-refractivity contribution in [1.82, 2.24) is 5.32 Å². The zero-order valence-electron chi connectivity index (χ0n) is 11.2. The summed E-state index contributed by atoms with van der Waals surface area (Å²) in [6.45, 7) is 2.58. The lowest BCUT2D eigenvalue weighted by molar-refractivity contribution is 0.199. The second-order valence-corrected chi connectivity index (χ2v) is 4.33. The highest BCUT2D eigenvalue weighted by Crippen LogP contribution is 2.24. The molecule has 0 saturated heterocycles. The molecule has 1 aromatic carbocycles. The summed E-state index contributed by atoms with van der Waals surface area (Å²) >= 11 is 0. The molecular weight excluding hydrogens is 276 g/mol. The first-order valence-electron chi connectivity index (χ1n) is 6.15. The Morgan fingerprint density at radius 1 is 1.25 bits per heavy atom. The summed E-state index contributed by atoms with van der Waals surface area (Å²) in [5.41, 5.74) is 1.85. The van der Waals surface area contributed by atoms with E-state index in [2.05, 4.69) is 5.32 Å². The van der Waals surface area contributed by atoms with Gasteiger partial charge in [-0.2, -0.15) is 5.26 Å². The Balaban J connectivity index is 0.00000200. The third-order valence-electron chi connectivity index (χ3n) is 2.84. The van der Waals surface area contributed by atoms with Crippen molar-refractivity contribution < 1.29 is 9.52 Å². The minimum Gasteiger partial charge on any atom is -0.460 e. The van der Waals surface area contributed by atoms with E-state index in [4.69, 9.17) is 9.68 Å². The van der Waals surface area contributed by atoms with Gasteiger partial charge in [0.1, 0.15) is 11.5 Å². The van der Waals surface area contributed by atoms with E-state index in [9.17, 15) is 5.11 Å². The minimum absolute atomic E-state index is 0. The average Bonchev–Trinajstić information content (AvgIpc) is 2.88. The van der Waals surface area contributed by atoms with Gasteiger partial charge in [-0.3, -0.25) is 5.32 Å². The standard InChI is InChI=1S/C15H16N2O2.ClH/c1-11(18)12-2-4-13(5-3-12)15-7-6-14(19-15)10-17-9-8-16;/h2-7,11,17-18H,9-10H2,1H3;1H. The van der Waals surface area contributed by atoms with Crippen molar-refractivity contribution in [2.45, 2.75) is 19.6 Å². The molecule has 2 N–H and O–H groups in total. The molecule has 106 valence electrons. The van der Waals surface area contributed by atoms with Crippen molar-refractivity contribution in [3.8, 4) is 17.4 Å². The first-order chi connectivity index (χ1) is 9.20. The van der Waals surface area contributed by atoms with Crippen LogP contribution in [0.25, 0.3) is 11.3 Å². The number of aliphatic hydroxyl groups excluding tert-OH is 1. The van der Waals surface area contributed by atoms with Crippen molar-refractivity contribution >= 4 is 12.4 Å². The number of halogens is 1. The van der Waals surface area contributed by atoms with E-state index in [1.165, 1.54) is 0 Å². The minimum atomic E-state index is -0.462. The molecule has 0 spiro atoms. The number of nitrogens with one attached hydrogen (secondary N) is 1. The molecule has 0 bridgehead atoms. The first-order valence-corrected chi connectivity index (χ1v) is 6.15. The van der Waals surface area contributed by atoms with Crippen LogP contribution < -0.4 is 5.32 Å². The lowest BCUT2D eigenvalue weighted by Gasteiger charge is -2.04. The van der Waals surface area contributed by atoms with Gasteiger partial charge in [0.2, 0.25) is 0 Å². The van der Waals surface area contributed by atoms with Crippen LogP contribution in [0.3, 0.4) is 0 Å². The summed E-state index contributed by atoms with van der Waals surface area (Å²) in [4.78, 5) is 0. The third kappa shape index (κ3) is 4.10. The summed E-state index contributed by atoms with van der Waals surface area (Å²) in [5, 5.41) is 20.8. The molecule has 1 unspecified atom stereocenters. The van der Waals surface area contributed by atoms with Crippen LogP contribution in [0.15, 0.2) is 40.8 Å². The van der Waals surface area contributed by atoms with Gasteiger partial charge in [0, 0.05) is 5.56 Å². The van der Waals surface area contributed by atoms with Crippen LogP contribution in [-0.2, 0) is 6.54 Å². The highest BCUT2D eigenvalue weighted by atomic mass is 35.5. The molecule has 1 atom stereocenters. The number of hydrogen-bond donors (Lipinski definition) is 2. The summed E-state index contributed by atoms with van der Waals surface area (Å²) < 4.78 is 5.68. The molecule has 0 radical (unpaired) electrons. The first kappa shape index (κ1) is 16.3. The lowest BCUT2D eigenvalue weighted by Crippen LogP contribution is -2.12. The van der Waals surface area contributed by atoms with Gasteiger partial charge in [-0.05, 0) is 24.6 Å². The van der Waals surface area contributed by atoms with Crippen LogP contribution in [0.5, 0.6) is 0 Å². The largest absolute Gasteiger partial charge is 0.460 e. The molecule has 5 heteroatoms. The Kier molecular flexibility index (Phi) is 6.26. The number of hydrogen-bond acceptors (Lipinski definition) is 4. The zero-order valence-corrected chi connectivity index (χ0v) is 12.0. The fraction of sp³-hybridized carbons (Fsp3) is 0.267. The maximum atomic E-state index is 9.45. The number of nitrogens with zero attached hydrogens (tertiary/aromatic N) is 1. The van der Waals surface area contributed by atoms with Gasteiger partial charge in [0.05, 0.1) is 25.3 Å². The molecule has 0 aliphatic rings. The SMILES string of the molecule is CC(O)c1ccc(-c2ccc(CNCC#N)o2)cc1.Cl. The van der Waals surface area contributed by atoms with Gasteiger partial charge in [-0.1, -0.05) is 24.3 Å². The van der Waals surface area contributed by atoms with Gasteiger partial charge < -0.3 is 9.52 Å². The van der Waals surface area contributed by atoms with E-state index < -0.39 is 6.10 Å². The molecule has 1 heterocycles. The van der Waals surface area contributed by atoms with Gasteiger partial charge in [-0.25, -0.2) is 0 Å². The van der Waals surface area contributed by atoms with Crippen molar-refractivity contribution in [2.24, 2.45) is 0 Å². The molecule has 1 aromatic heterocycles. The van der Waals surface area contributed by atoms with Crippen LogP contribution in [0.1, 0.15) is 24.4 Å². The summed E-state index contributed by atoms with van der Waals surface area (Å²) in [5.74, 6) is 1.58. The molecule has 0 fully saturated rings. The molecule has 2 rings (SSSR count). The summed E-state index contributed by atoms with van der Waals surface area (Å²) in [6, 6.07) is 13.4. The number of rotatable bonds is 5. The highest BCUT2D eigenvalue weighted by Gasteiger charge is 2.06. The predicted molar refractivity (Wildman–Crippen MR) is 79.3 cm³/mol. The Hall–Kier alpha value is -1.80. The smallest absolute Gasteiger partial charge is 0.134 e. The second-order valence-electron chi connectivity index (χ2n) is 4.33. The van der Waals surface area contributed by atoms with Gasteiger partial charge in [0.25, 0.3) is 0 Å². The quantitative estimate of drug-likeness (QED) is 0.656. The van der Waals surface area contributed by atoms with Crippen molar-refractivity contribution in [3.63, 3.8) is 0 Å². The maximum absolute atomic E-state index is 9.45. The van der Waals surface area contributed by atoms with Crippen molar-refractivity contribution in [3.05, 3.63) is 47.7 Å². The fourth-order valence-electron chi connectivity index (χ4n) is 1.80. The molecule has 4 nitrogen and oxygen atoms in total. The Labute approximate surface area is 124 Å². The lowest BCUT2D eigenvalue weighted by atomic mass is 10.1. The number of nitriles is 1. The van der Waals surface area contributed by atoms with Gasteiger partial charge in [-0.15, -0.1) is 12.4 Å². The molecular formula is C15H17ClN2O2. The highest BCUT2D eigenvalue weighted by molar-refractivity contribution is 5.85. The van der Waals surface area contributed by atoms with E-state index >= 15 is 0 Å². The van der Waals surface area contributed by atoms with E-state index in [1.54, 1.807) is 6.92 Å². The van der Waals surface area contributed by atoms with E-state index in [-0.39, 0.29) is 12.4 Å². The molecule has 0 amide bonds. The second kappa shape index (κ2) is 7.71. The number of furan rings is 1. The topological polar surface area (TPSA) is 69.2 Å². The van der Waals surface area contributed by atoms with E-state index in [0.29, 0.717) is 13.1 Å². The van der Waals surface area contributed by atoms with Crippen LogP contribution in [0.4, 0.5) is 0 Å². The van der Waals surface area contributed by atoms with Gasteiger partial charge >= 0.3 is 0 Å². The molecule has 0 saturated carbocycles. The molecule has 0 aliphatic heterocycles. The third-order valence-corrected chi connectivity index (χ3v) is 2.84. The van der Waals surface area contributed by atoms with Crippen molar-refractivity contribution in [2.75, 3.05) is 6.54 Å². The molecule has 20 heavy (non-hydrogen) atoms. The summed E-state index contributed by atoms with van der Waals surface area (Å²) in [7, 11) is 0. The van der Waals surface area contributed by atoms with Crippen LogP contribution >= 0.6 is 12.4 Å². The molecule has 2 aromatic rings. The Bertz CT molecular complexity index is 570. The monoisotopic (exact) mass is 292 g/mol. The maximum Gasteiger partial charge on any atom is 0.134 e. The van der Waals surface area contributed by atoms with E-state index in [1.807, 2.05) is 42.5 Å². The van der Waals surface area contributed by atoms with E-state index in [0.717, 1.165) is 22.6 Å². The zero-order chi connectivity index (χ0) is 13.7. The van der Waals surface area contributed by atoms with Crippen LogP contribution in [-0.4, -0.2) is 11.7 Å². The Morgan fingerprint density at radius 3 is 2.55 bits per heavy atom. The van der Waals surface area contributed by atoms with Crippen LogP contribution in [0, 0.1) is 11.3 Å². The predicted octanol–water partition coefficient (Wildman–Crippen LogP) is 3.03. The fourth-order valence-corrected chi connectivity index (χ4v) is 1.80. The van der Waals surface area contributed by atoms with Gasteiger partial charge in [0.15, 0.2) is 0 Å². The molecule has 0 aliphatic carbocycles. The summed E-state index contributed by atoms with van der Waals surface area (Å²) in [6.07, 6.45) is -0.462.